The maximum absolute atomic E-state index is 11.8. The molecule has 0 saturated carbocycles. The topological polar surface area (TPSA) is 119 Å². The number of carboxylic acids is 1. The molecule has 0 aromatic rings. The van der Waals surface area contributed by atoms with Crippen molar-refractivity contribution in [3.05, 3.63) is 0 Å². The lowest BCUT2D eigenvalue weighted by Crippen LogP contribution is -2.37. The van der Waals surface area contributed by atoms with E-state index >= 15 is 0 Å². The van der Waals surface area contributed by atoms with Gasteiger partial charge < -0.3 is 19.9 Å². The molecule has 138 valence electrons. The maximum Gasteiger partial charge on any atom is 0.310 e. The van der Waals surface area contributed by atoms with E-state index in [0.717, 1.165) is 0 Å². The zero-order valence-electron chi connectivity index (χ0n) is 12.9. The summed E-state index contributed by atoms with van der Waals surface area (Å²) in [4.78, 5) is 45.4. The van der Waals surface area contributed by atoms with Crippen LogP contribution in [0, 0.1) is 5.92 Å². The first-order chi connectivity index (χ1) is 11.1. The Bertz CT molecular complexity index is 465. The third-order valence-corrected chi connectivity index (χ3v) is 3.04. The van der Waals surface area contributed by atoms with Gasteiger partial charge in [0.05, 0.1) is 31.9 Å². The van der Waals surface area contributed by atoms with E-state index in [1.165, 1.54) is 0 Å². The fraction of sp³-hybridized carbons (Fsp3) is 0.692. The van der Waals surface area contributed by atoms with Gasteiger partial charge in [-0.1, -0.05) is 41.7 Å². The van der Waals surface area contributed by atoms with Crippen LogP contribution < -0.4 is 5.32 Å². The van der Waals surface area contributed by atoms with Crippen LogP contribution in [0.15, 0.2) is 0 Å². The summed E-state index contributed by atoms with van der Waals surface area (Å²) in [7, 11) is 0. The number of halogens is 3. The largest absolute Gasteiger partial charge is 0.481 e. The van der Waals surface area contributed by atoms with E-state index < -0.39 is 46.4 Å². The summed E-state index contributed by atoms with van der Waals surface area (Å²) < 4.78 is 7.49. The molecule has 24 heavy (non-hydrogen) atoms. The average Bonchev–Trinajstić information content (AvgIpc) is 2.46. The number of esters is 2. The van der Waals surface area contributed by atoms with Crippen molar-refractivity contribution in [2.24, 2.45) is 5.92 Å². The van der Waals surface area contributed by atoms with Gasteiger partial charge in [0.25, 0.3) is 9.70 Å². The predicted molar refractivity (Wildman–Crippen MR) is 85.9 cm³/mol. The van der Waals surface area contributed by atoms with Crippen molar-refractivity contribution < 1.29 is 33.8 Å². The summed E-state index contributed by atoms with van der Waals surface area (Å²) in [6.07, 6.45) is -0.394. The maximum atomic E-state index is 11.8. The van der Waals surface area contributed by atoms with E-state index in [4.69, 9.17) is 49.4 Å². The van der Waals surface area contributed by atoms with Crippen LogP contribution in [0.4, 0.5) is 0 Å². The molecule has 0 spiro atoms. The van der Waals surface area contributed by atoms with Crippen molar-refractivity contribution >= 4 is 58.6 Å². The first-order valence-electron chi connectivity index (χ1n) is 6.97. The minimum absolute atomic E-state index is 0.140. The van der Waals surface area contributed by atoms with E-state index in [-0.39, 0.29) is 19.8 Å². The predicted octanol–water partition coefficient (Wildman–Crippen LogP) is 1.45. The number of amides is 1. The Morgan fingerprint density at radius 2 is 1.71 bits per heavy atom. The molecular formula is C13H18Cl3NO7. The smallest absolute Gasteiger partial charge is 0.310 e. The Kier molecular flexibility index (Phi) is 10.7. The van der Waals surface area contributed by atoms with Gasteiger partial charge in [0.2, 0.25) is 0 Å². The first-order valence-corrected chi connectivity index (χ1v) is 8.10. The highest BCUT2D eigenvalue weighted by Gasteiger charge is 2.30. The van der Waals surface area contributed by atoms with Crippen LogP contribution in [0.2, 0.25) is 0 Å². The standard InChI is InChI=1S/C13H18Cl3NO7/c1-2-4-23-10(20)7-8(6-9(18)19)11(21)24-5-3-17-12(22)13(14,15)16/h8H,2-7H2,1H3,(H,17,22)(H,18,19). The van der Waals surface area contributed by atoms with Gasteiger partial charge in [0.1, 0.15) is 6.61 Å². The Balaban J connectivity index is 4.37. The fourth-order valence-corrected chi connectivity index (χ4v) is 1.66. The molecule has 0 rings (SSSR count). The first kappa shape index (κ1) is 22.8. The molecule has 1 amide bonds. The SMILES string of the molecule is CCCOC(=O)CC(CC(=O)O)C(=O)OCCNC(=O)C(Cl)(Cl)Cl. The zero-order valence-corrected chi connectivity index (χ0v) is 15.1. The summed E-state index contributed by atoms with van der Waals surface area (Å²) in [5, 5.41) is 11.0. The Hall–Kier alpha value is -1.25. The second-order valence-corrected chi connectivity index (χ2v) is 6.92. The van der Waals surface area contributed by atoms with Gasteiger partial charge in [0.15, 0.2) is 0 Å². The molecule has 0 aliphatic rings. The van der Waals surface area contributed by atoms with Crippen LogP contribution in [0.1, 0.15) is 26.2 Å². The van der Waals surface area contributed by atoms with Gasteiger partial charge in [-0.3, -0.25) is 19.2 Å². The Morgan fingerprint density at radius 1 is 1.08 bits per heavy atom. The summed E-state index contributed by atoms with van der Waals surface area (Å²) in [6.45, 7) is 1.56. The molecule has 0 saturated heterocycles. The van der Waals surface area contributed by atoms with E-state index in [0.29, 0.717) is 6.42 Å². The number of hydrogen-bond acceptors (Lipinski definition) is 6. The van der Waals surface area contributed by atoms with Crippen molar-refractivity contribution in [1.82, 2.24) is 5.32 Å². The average molecular weight is 407 g/mol. The lowest BCUT2D eigenvalue weighted by Gasteiger charge is -2.15. The van der Waals surface area contributed by atoms with Gasteiger partial charge in [0, 0.05) is 0 Å². The van der Waals surface area contributed by atoms with Gasteiger partial charge >= 0.3 is 17.9 Å². The second-order valence-electron chi connectivity index (χ2n) is 4.64. The highest BCUT2D eigenvalue weighted by atomic mass is 35.6. The number of ether oxygens (including phenoxy) is 2. The summed E-state index contributed by atoms with van der Waals surface area (Å²) in [5.41, 5.74) is 0. The van der Waals surface area contributed by atoms with E-state index in [9.17, 15) is 19.2 Å². The van der Waals surface area contributed by atoms with Crippen molar-refractivity contribution in [3.63, 3.8) is 0 Å². The number of rotatable bonds is 10. The Labute approximate surface area is 153 Å². The molecule has 0 bridgehead atoms. The van der Waals surface area contributed by atoms with Crippen LogP contribution in [0.3, 0.4) is 0 Å². The van der Waals surface area contributed by atoms with Crippen LogP contribution >= 0.6 is 34.8 Å². The molecule has 0 heterocycles. The Morgan fingerprint density at radius 3 is 2.21 bits per heavy atom. The molecule has 0 aliphatic heterocycles. The number of aliphatic carboxylic acids is 1. The number of hydrogen-bond donors (Lipinski definition) is 2. The molecule has 0 radical (unpaired) electrons. The van der Waals surface area contributed by atoms with E-state index in [2.05, 4.69) is 5.32 Å². The van der Waals surface area contributed by atoms with Crippen LogP contribution in [0.5, 0.6) is 0 Å². The summed E-state index contributed by atoms with van der Waals surface area (Å²) in [5.74, 6) is -4.92. The third kappa shape index (κ3) is 10.5. The van der Waals surface area contributed by atoms with E-state index in [1.807, 2.05) is 0 Å². The third-order valence-electron chi connectivity index (χ3n) is 2.52. The quantitative estimate of drug-likeness (QED) is 0.320. The molecule has 8 nitrogen and oxygen atoms in total. The van der Waals surface area contributed by atoms with Crippen molar-refractivity contribution in [2.75, 3.05) is 19.8 Å². The van der Waals surface area contributed by atoms with Crippen molar-refractivity contribution in [2.45, 2.75) is 30.0 Å². The van der Waals surface area contributed by atoms with Gasteiger partial charge in [-0.05, 0) is 6.42 Å². The van der Waals surface area contributed by atoms with Gasteiger partial charge in [-0.2, -0.15) is 0 Å². The monoisotopic (exact) mass is 405 g/mol. The number of carbonyl (C=O) groups excluding carboxylic acids is 3. The number of carboxylic acid groups (broad SMARTS) is 1. The number of carbonyl (C=O) groups is 4. The molecule has 2 N–H and O–H groups in total. The fourth-order valence-electron chi connectivity index (χ4n) is 1.46. The molecule has 1 atom stereocenters. The van der Waals surface area contributed by atoms with Gasteiger partial charge in [-0.15, -0.1) is 0 Å². The molecule has 0 aliphatic carbocycles. The highest BCUT2D eigenvalue weighted by Crippen LogP contribution is 2.25. The molecule has 11 heteroatoms. The lowest BCUT2D eigenvalue weighted by atomic mass is 10.0. The van der Waals surface area contributed by atoms with Gasteiger partial charge in [-0.25, -0.2) is 0 Å². The number of nitrogens with one attached hydrogen (secondary N) is 1. The van der Waals surface area contributed by atoms with Crippen molar-refractivity contribution in [3.8, 4) is 0 Å². The molecular weight excluding hydrogens is 389 g/mol. The molecule has 0 aromatic carbocycles. The minimum Gasteiger partial charge on any atom is -0.481 e. The normalized spacial score (nSPS) is 12.2. The minimum atomic E-state index is -2.14. The van der Waals surface area contributed by atoms with Crippen molar-refractivity contribution in [1.29, 1.82) is 0 Å². The molecule has 0 aromatic heterocycles. The van der Waals surface area contributed by atoms with Crippen LogP contribution in [-0.4, -0.2) is 52.5 Å². The van der Waals surface area contributed by atoms with Crippen LogP contribution in [0.25, 0.3) is 0 Å². The number of alkyl halides is 3. The summed E-state index contributed by atoms with van der Waals surface area (Å²) in [6, 6.07) is 0. The highest BCUT2D eigenvalue weighted by molar-refractivity contribution is 6.76. The van der Waals surface area contributed by atoms with E-state index in [1.54, 1.807) is 6.92 Å². The second kappa shape index (κ2) is 11.3. The lowest BCUT2D eigenvalue weighted by molar-refractivity contribution is -0.158. The molecule has 0 fully saturated rings. The summed E-state index contributed by atoms with van der Waals surface area (Å²) >= 11 is 16.0. The molecule has 1 unspecified atom stereocenters. The van der Waals surface area contributed by atoms with Crippen LogP contribution in [-0.2, 0) is 28.7 Å². The zero-order chi connectivity index (χ0) is 18.8.